The van der Waals surface area contributed by atoms with Gasteiger partial charge in [-0.3, -0.25) is 0 Å². The van der Waals surface area contributed by atoms with E-state index in [9.17, 15) is 0 Å². The predicted octanol–water partition coefficient (Wildman–Crippen LogP) is 4.26. The van der Waals surface area contributed by atoms with Crippen LogP contribution in [0.5, 0.6) is 5.75 Å². The Kier molecular flexibility index (Phi) is 6.00. The first-order chi connectivity index (χ1) is 12.2. The molecule has 0 saturated carbocycles. The number of hydrogen-bond donors (Lipinski definition) is 1. The van der Waals surface area contributed by atoms with Gasteiger partial charge in [-0.2, -0.15) is 0 Å². The third kappa shape index (κ3) is 4.55. The van der Waals surface area contributed by atoms with E-state index in [4.69, 9.17) is 28.6 Å². The Morgan fingerprint density at radius 2 is 1.76 bits per heavy atom. The van der Waals surface area contributed by atoms with Crippen LogP contribution < -0.4 is 15.0 Å². The number of nitrogens with one attached hydrogen (secondary N) is 1. The maximum absolute atomic E-state index is 6.30. The fourth-order valence-corrected chi connectivity index (χ4v) is 3.42. The molecule has 0 radical (unpaired) electrons. The van der Waals surface area contributed by atoms with Gasteiger partial charge < -0.3 is 19.9 Å². The van der Waals surface area contributed by atoms with Crippen LogP contribution in [0.4, 0.5) is 11.4 Å². The first-order valence-corrected chi connectivity index (χ1v) is 9.24. The van der Waals surface area contributed by atoms with E-state index in [0.29, 0.717) is 6.61 Å². The summed E-state index contributed by atoms with van der Waals surface area (Å²) in [6.45, 7) is 6.18. The third-order valence-electron chi connectivity index (χ3n) is 4.18. The van der Waals surface area contributed by atoms with Gasteiger partial charge >= 0.3 is 0 Å². The standard InChI is InChI=1S/C19H22ClN3OS/c1-2-24-16-9-7-15(8-10-16)21-19(25)23-13-11-22(12-14-23)18-6-4-3-5-17(18)20/h3-10H,2,11-14H2,1H3,(H,21,25). The minimum absolute atomic E-state index is 0.668. The van der Waals surface area contributed by atoms with Crippen LogP contribution in [-0.2, 0) is 0 Å². The Hall–Kier alpha value is -1.98. The van der Waals surface area contributed by atoms with Crippen molar-refractivity contribution in [2.24, 2.45) is 0 Å². The Morgan fingerprint density at radius 1 is 1.08 bits per heavy atom. The molecule has 4 nitrogen and oxygen atoms in total. The highest BCUT2D eigenvalue weighted by Crippen LogP contribution is 2.26. The van der Waals surface area contributed by atoms with E-state index in [1.165, 1.54) is 0 Å². The molecule has 0 aliphatic carbocycles. The normalized spacial score (nSPS) is 14.3. The number of piperazine rings is 1. The molecule has 2 aromatic rings. The van der Waals surface area contributed by atoms with E-state index in [2.05, 4.69) is 21.2 Å². The highest BCUT2D eigenvalue weighted by Gasteiger charge is 2.20. The van der Waals surface area contributed by atoms with Gasteiger partial charge in [-0.1, -0.05) is 23.7 Å². The van der Waals surface area contributed by atoms with Gasteiger partial charge in [0.1, 0.15) is 5.75 Å². The molecule has 2 aromatic carbocycles. The molecule has 0 atom stereocenters. The van der Waals surface area contributed by atoms with Gasteiger partial charge in [-0.25, -0.2) is 0 Å². The second-order valence-electron chi connectivity index (χ2n) is 5.81. The summed E-state index contributed by atoms with van der Waals surface area (Å²) < 4.78 is 5.46. The summed E-state index contributed by atoms with van der Waals surface area (Å²) in [5.41, 5.74) is 2.07. The SMILES string of the molecule is CCOc1ccc(NC(=S)N2CCN(c3ccccc3Cl)CC2)cc1. The lowest BCUT2D eigenvalue weighted by atomic mass is 10.2. The summed E-state index contributed by atoms with van der Waals surface area (Å²) in [6.07, 6.45) is 0. The summed E-state index contributed by atoms with van der Waals surface area (Å²) in [5.74, 6) is 0.868. The molecule has 1 aliphatic rings. The number of para-hydroxylation sites is 1. The average molecular weight is 376 g/mol. The fraction of sp³-hybridized carbons (Fsp3) is 0.316. The number of thiocarbonyl (C=S) groups is 1. The van der Waals surface area contributed by atoms with Crippen molar-refractivity contribution in [3.05, 3.63) is 53.6 Å². The minimum Gasteiger partial charge on any atom is -0.494 e. The van der Waals surface area contributed by atoms with Gasteiger partial charge in [-0.15, -0.1) is 0 Å². The van der Waals surface area contributed by atoms with E-state index >= 15 is 0 Å². The number of rotatable bonds is 4. The van der Waals surface area contributed by atoms with E-state index in [1.807, 2.05) is 49.4 Å². The molecule has 132 valence electrons. The molecule has 0 spiro atoms. The molecule has 1 fully saturated rings. The van der Waals surface area contributed by atoms with E-state index in [1.54, 1.807) is 0 Å². The Morgan fingerprint density at radius 3 is 2.40 bits per heavy atom. The Bertz CT molecular complexity index is 715. The number of benzene rings is 2. The molecule has 25 heavy (non-hydrogen) atoms. The minimum atomic E-state index is 0.668. The topological polar surface area (TPSA) is 27.7 Å². The molecule has 0 unspecified atom stereocenters. The third-order valence-corrected chi connectivity index (χ3v) is 4.86. The quantitative estimate of drug-likeness (QED) is 0.806. The first-order valence-electron chi connectivity index (χ1n) is 8.45. The molecular formula is C19H22ClN3OS. The maximum Gasteiger partial charge on any atom is 0.173 e. The lowest BCUT2D eigenvalue weighted by Gasteiger charge is -2.37. The molecule has 0 bridgehead atoms. The summed E-state index contributed by atoms with van der Waals surface area (Å²) in [5, 5.41) is 4.85. The summed E-state index contributed by atoms with van der Waals surface area (Å²) in [6, 6.07) is 15.8. The van der Waals surface area contributed by atoms with Crippen molar-refractivity contribution in [3.8, 4) is 5.75 Å². The smallest absolute Gasteiger partial charge is 0.173 e. The molecule has 0 amide bonds. The van der Waals surface area contributed by atoms with Crippen LogP contribution in [-0.4, -0.2) is 42.8 Å². The summed E-state index contributed by atoms with van der Waals surface area (Å²) in [7, 11) is 0. The second kappa shape index (κ2) is 8.41. The number of nitrogens with zero attached hydrogens (tertiary/aromatic N) is 2. The molecule has 1 saturated heterocycles. The monoisotopic (exact) mass is 375 g/mol. The maximum atomic E-state index is 6.30. The molecule has 3 rings (SSSR count). The summed E-state index contributed by atoms with van der Waals surface area (Å²) >= 11 is 11.9. The average Bonchev–Trinajstić information content (AvgIpc) is 2.64. The van der Waals surface area contributed by atoms with Crippen molar-refractivity contribution in [1.82, 2.24) is 4.90 Å². The van der Waals surface area contributed by atoms with Crippen LogP contribution in [0.15, 0.2) is 48.5 Å². The van der Waals surface area contributed by atoms with Crippen LogP contribution in [0.25, 0.3) is 0 Å². The zero-order valence-corrected chi connectivity index (χ0v) is 15.8. The Labute approximate surface area is 159 Å². The van der Waals surface area contributed by atoms with Crippen LogP contribution >= 0.6 is 23.8 Å². The van der Waals surface area contributed by atoms with Gasteiger partial charge in [-0.05, 0) is 55.5 Å². The van der Waals surface area contributed by atoms with E-state index in [0.717, 1.165) is 53.4 Å². The lowest BCUT2D eigenvalue weighted by Crippen LogP contribution is -2.50. The highest BCUT2D eigenvalue weighted by molar-refractivity contribution is 7.80. The van der Waals surface area contributed by atoms with Gasteiger partial charge in [0, 0.05) is 31.9 Å². The van der Waals surface area contributed by atoms with Crippen molar-refractivity contribution in [2.75, 3.05) is 43.0 Å². The van der Waals surface area contributed by atoms with Gasteiger partial charge in [0.05, 0.1) is 17.3 Å². The summed E-state index contributed by atoms with van der Waals surface area (Å²) in [4.78, 5) is 4.50. The van der Waals surface area contributed by atoms with Crippen molar-refractivity contribution >= 4 is 40.3 Å². The molecule has 1 N–H and O–H groups in total. The zero-order valence-electron chi connectivity index (χ0n) is 14.2. The molecule has 1 heterocycles. The van der Waals surface area contributed by atoms with E-state index in [-0.39, 0.29) is 0 Å². The van der Waals surface area contributed by atoms with Crippen molar-refractivity contribution in [1.29, 1.82) is 0 Å². The molecular weight excluding hydrogens is 354 g/mol. The highest BCUT2D eigenvalue weighted by atomic mass is 35.5. The largest absolute Gasteiger partial charge is 0.494 e. The molecule has 6 heteroatoms. The fourth-order valence-electron chi connectivity index (χ4n) is 2.86. The number of hydrogen-bond acceptors (Lipinski definition) is 3. The van der Waals surface area contributed by atoms with Crippen LogP contribution in [0.3, 0.4) is 0 Å². The number of ether oxygens (including phenoxy) is 1. The molecule has 1 aliphatic heterocycles. The predicted molar refractivity (Wildman–Crippen MR) is 109 cm³/mol. The van der Waals surface area contributed by atoms with Crippen LogP contribution in [0, 0.1) is 0 Å². The van der Waals surface area contributed by atoms with E-state index < -0.39 is 0 Å². The van der Waals surface area contributed by atoms with Crippen LogP contribution in [0.1, 0.15) is 6.92 Å². The zero-order chi connectivity index (χ0) is 17.6. The Balaban J connectivity index is 1.54. The number of halogens is 1. The lowest BCUT2D eigenvalue weighted by molar-refractivity contribution is 0.340. The molecule has 0 aromatic heterocycles. The van der Waals surface area contributed by atoms with Crippen molar-refractivity contribution < 1.29 is 4.74 Å². The van der Waals surface area contributed by atoms with Crippen LogP contribution in [0.2, 0.25) is 5.02 Å². The van der Waals surface area contributed by atoms with Gasteiger partial charge in [0.2, 0.25) is 0 Å². The second-order valence-corrected chi connectivity index (χ2v) is 6.61. The number of anilines is 2. The van der Waals surface area contributed by atoms with Crippen molar-refractivity contribution in [2.45, 2.75) is 6.92 Å². The first kappa shape index (κ1) is 17.8. The van der Waals surface area contributed by atoms with Crippen molar-refractivity contribution in [3.63, 3.8) is 0 Å². The van der Waals surface area contributed by atoms with Gasteiger partial charge in [0.15, 0.2) is 5.11 Å². The van der Waals surface area contributed by atoms with Gasteiger partial charge in [0.25, 0.3) is 0 Å².